The van der Waals surface area contributed by atoms with Gasteiger partial charge >= 0.3 is 0 Å². The molecule has 0 heterocycles. The molecule has 0 amide bonds. The van der Waals surface area contributed by atoms with Crippen LogP contribution in [-0.4, -0.2) is 17.6 Å². The van der Waals surface area contributed by atoms with Crippen LogP contribution in [0.15, 0.2) is 0 Å². The quantitative estimate of drug-likeness (QED) is 0.551. The Bertz CT molecular complexity index is 68.5. The van der Waals surface area contributed by atoms with Crippen molar-refractivity contribution in [1.29, 1.82) is 0 Å². The van der Waals surface area contributed by atoms with Gasteiger partial charge < -0.3 is 16.9 Å². The van der Waals surface area contributed by atoms with Gasteiger partial charge in [0, 0.05) is 5.54 Å². The predicted octanol–water partition coefficient (Wildman–Crippen LogP) is 0.0280. The number of nitrogens with two attached hydrogens (primary N) is 2. The van der Waals surface area contributed by atoms with Crippen LogP contribution < -0.4 is 11.5 Å². The van der Waals surface area contributed by atoms with Crippen molar-refractivity contribution in [2.75, 3.05) is 6.54 Å². The van der Waals surface area contributed by atoms with Crippen molar-refractivity contribution < 1.29 is 5.48 Å². The maximum atomic E-state index is 5.74. The summed E-state index contributed by atoms with van der Waals surface area (Å²) >= 11 is 0. The molecule has 0 aliphatic carbocycles. The highest BCUT2D eigenvalue weighted by Gasteiger charge is 2.08. The minimum absolute atomic E-state index is 0. The molecule has 0 atom stereocenters. The predicted molar refractivity (Wildman–Crippen MR) is 44.8 cm³/mol. The molecule has 0 saturated heterocycles. The van der Waals surface area contributed by atoms with Crippen molar-refractivity contribution in [3.05, 3.63) is 0 Å². The highest BCUT2D eigenvalue weighted by atomic mass is 16.0. The minimum atomic E-state index is -0.00479. The van der Waals surface area contributed by atoms with E-state index in [1.807, 2.05) is 13.8 Å². The molecule has 0 fully saturated rings. The summed E-state index contributed by atoms with van der Waals surface area (Å²) in [6, 6.07) is 0. The third kappa shape index (κ3) is 10.8. The first-order chi connectivity index (χ1) is 4.06. The fourth-order valence-electron chi connectivity index (χ4n) is 0.725. The molecule has 0 aromatic heterocycles. The molecule has 0 aromatic carbocycles. The smallest absolute Gasteiger partial charge is 0.00970 e. The van der Waals surface area contributed by atoms with Gasteiger partial charge in [0.25, 0.3) is 0 Å². The molecule has 0 spiro atoms. The van der Waals surface area contributed by atoms with E-state index in [2.05, 4.69) is 0 Å². The standard InChI is InChI=1S/C7H18N2.H2O/c1-7(2,9)5-3-4-6-8;/h3-6,8-9H2,1-2H3;1H2. The summed E-state index contributed by atoms with van der Waals surface area (Å²) in [5.41, 5.74) is 11.0. The molecular formula is C7H20N2O. The Morgan fingerprint density at radius 3 is 2.00 bits per heavy atom. The van der Waals surface area contributed by atoms with Crippen molar-refractivity contribution in [2.24, 2.45) is 11.5 Å². The molecule has 3 nitrogen and oxygen atoms in total. The van der Waals surface area contributed by atoms with Crippen LogP contribution in [0.3, 0.4) is 0 Å². The largest absolute Gasteiger partial charge is 0.412 e. The van der Waals surface area contributed by atoms with Crippen molar-refractivity contribution in [3.63, 3.8) is 0 Å². The van der Waals surface area contributed by atoms with Crippen molar-refractivity contribution in [2.45, 2.75) is 38.6 Å². The van der Waals surface area contributed by atoms with E-state index in [0.29, 0.717) is 0 Å². The summed E-state index contributed by atoms with van der Waals surface area (Å²) in [5.74, 6) is 0. The SMILES string of the molecule is CC(C)(N)CCCCN.O. The summed E-state index contributed by atoms with van der Waals surface area (Å²) in [7, 11) is 0. The van der Waals surface area contributed by atoms with E-state index in [0.717, 1.165) is 25.8 Å². The fourth-order valence-corrected chi connectivity index (χ4v) is 0.725. The van der Waals surface area contributed by atoms with E-state index < -0.39 is 0 Å². The van der Waals surface area contributed by atoms with Crippen LogP contribution in [0.4, 0.5) is 0 Å². The molecule has 0 aromatic rings. The Kier molecular flexibility index (Phi) is 7.09. The first-order valence-corrected chi connectivity index (χ1v) is 3.55. The average molecular weight is 148 g/mol. The van der Waals surface area contributed by atoms with Crippen molar-refractivity contribution in [1.82, 2.24) is 0 Å². The average Bonchev–Trinajstić information content (AvgIpc) is 1.63. The van der Waals surface area contributed by atoms with Crippen LogP contribution in [0.1, 0.15) is 33.1 Å². The zero-order chi connectivity index (χ0) is 7.33. The van der Waals surface area contributed by atoms with Crippen LogP contribution in [-0.2, 0) is 0 Å². The zero-order valence-corrected chi connectivity index (χ0v) is 6.98. The third-order valence-corrected chi connectivity index (χ3v) is 1.28. The van der Waals surface area contributed by atoms with E-state index >= 15 is 0 Å². The van der Waals surface area contributed by atoms with Crippen LogP contribution in [0.5, 0.6) is 0 Å². The van der Waals surface area contributed by atoms with E-state index in [9.17, 15) is 0 Å². The Hall–Kier alpha value is -0.120. The van der Waals surface area contributed by atoms with Gasteiger partial charge in [0.05, 0.1) is 0 Å². The lowest BCUT2D eigenvalue weighted by Gasteiger charge is -2.17. The Balaban J connectivity index is 0. The van der Waals surface area contributed by atoms with Gasteiger partial charge in [0.1, 0.15) is 0 Å². The first-order valence-electron chi connectivity index (χ1n) is 3.55. The molecule has 0 aliphatic rings. The van der Waals surface area contributed by atoms with Crippen LogP contribution in [0.2, 0.25) is 0 Å². The minimum Gasteiger partial charge on any atom is -0.412 e. The molecule has 0 rings (SSSR count). The summed E-state index contributed by atoms with van der Waals surface area (Å²) in [4.78, 5) is 0. The van der Waals surface area contributed by atoms with E-state index in [-0.39, 0.29) is 11.0 Å². The lowest BCUT2D eigenvalue weighted by Crippen LogP contribution is -2.31. The molecule has 0 aliphatic heterocycles. The van der Waals surface area contributed by atoms with Gasteiger partial charge in [-0.15, -0.1) is 0 Å². The maximum Gasteiger partial charge on any atom is 0.00970 e. The maximum absolute atomic E-state index is 5.74. The number of rotatable bonds is 4. The first kappa shape index (κ1) is 12.5. The van der Waals surface area contributed by atoms with Crippen LogP contribution in [0.25, 0.3) is 0 Å². The third-order valence-electron chi connectivity index (χ3n) is 1.28. The van der Waals surface area contributed by atoms with Crippen LogP contribution in [0, 0.1) is 0 Å². The van der Waals surface area contributed by atoms with Gasteiger partial charge in [-0.1, -0.05) is 6.42 Å². The van der Waals surface area contributed by atoms with Crippen LogP contribution >= 0.6 is 0 Å². The second-order valence-corrected chi connectivity index (χ2v) is 3.23. The van der Waals surface area contributed by atoms with Gasteiger partial charge in [-0.3, -0.25) is 0 Å². The summed E-state index contributed by atoms with van der Waals surface area (Å²) < 4.78 is 0. The van der Waals surface area contributed by atoms with E-state index in [4.69, 9.17) is 11.5 Å². The summed E-state index contributed by atoms with van der Waals surface area (Å²) in [5, 5.41) is 0. The summed E-state index contributed by atoms with van der Waals surface area (Å²) in [6.07, 6.45) is 3.32. The normalized spacial score (nSPS) is 10.8. The van der Waals surface area contributed by atoms with Gasteiger partial charge in [0.2, 0.25) is 0 Å². The molecule has 10 heavy (non-hydrogen) atoms. The highest BCUT2D eigenvalue weighted by molar-refractivity contribution is 4.70. The van der Waals surface area contributed by atoms with Gasteiger partial charge in [0.15, 0.2) is 0 Å². The van der Waals surface area contributed by atoms with Crippen molar-refractivity contribution in [3.8, 4) is 0 Å². The molecule has 64 valence electrons. The van der Waals surface area contributed by atoms with E-state index in [1.165, 1.54) is 0 Å². The second-order valence-electron chi connectivity index (χ2n) is 3.23. The second kappa shape index (κ2) is 5.65. The molecular weight excluding hydrogens is 128 g/mol. The molecule has 6 N–H and O–H groups in total. The fraction of sp³-hybridized carbons (Fsp3) is 1.00. The highest BCUT2D eigenvalue weighted by Crippen LogP contribution is 2.07. The molecule has 3 heteroatoms. The van der Waals surface area contributed by atoms with E-state index in [1.54, 1.807) is 0 Å². The Morgan fingerprint density at radius 1 is 1.20 bits per heavy atom. The van der Waals surface area contributed by atoms with Gasteiger partial charge in [-0.25, -0.2) is 0 Å². The lowest BCUT2D eigenvalue weighted by atomic mass is 9.99. The molecule has 0 radical (unpaired) electrons. The number of hydrogen-bond donors (Lipinski definition) is 2. The zero-order valence-electron chi connectivity index (χ0n) is 6.98. The van der Waals surface area contributed by atoms with Gasteiger partial charge in [-0.05, 0) is 33.2 Å². The van der Waals surface area contributed by atoms with Crippen molar-refractivity contribution >= 4 is 0 Å². The molecule has 0 bridgehead atoms. The lowest BCUT2D eigenvalue weighted by molar-refractivity contribution is 0.452. The summed E-state index contributed by atoms with van der Waals surface area (Å²) in [6.45, 7) is 4.88. The number of hydrogen-bond acceptors (Lipinski definition) is 2. The Labute approximate surface area is 63.1 Å². The Morgan fingerprint density at radius 2 is 1.70 bits per heavy atom. The molecule has 0 saturated carbocycles. The van der Waals surface area contributed by atoms with Gasteiger partial charge in [-0.2, -0.15) is 0 Å². The monoisotopic (exact) mass is 148 g/mol. The number of unbranched alkanes of at least 4 members (excludes halogenated alkanes) is 1. The molecule has 0 unspecified atom stereocenters. The topological polar surface area (TPSA) is 83.5 Å².